The number of aryl methyl sites for hydroxylation is 1. The Balaban J connectivity index is 1.38. The maximum atomic E-state index is 13.3. The van der Waals surface area contributed by atoms with Crippen LogP contribution in [0.1, 0.15) is 56.7 Å². The molecule has 4 nitrogen and oxygen atoms in total. The van der Waals surface area contributed by atoms with Crippen molar-refractivity contribution in [1.82, 2.24) is 15.1 Å². The number of rotatable bonds is 7. The predicted octanol–water partition coefficient (Wildman–Crippen LogP) is 5.02. The van der Waals surface area contributed by atoms with Gasteiger partial charge in [-0.15, -0.1) is 0 Å². The van der Waals surface area contributed by atoms with Gasteiger partial charge in [0.2, 0.25) is 0 Å². The molecule has 0 aromatic heterocycles. The molecule has 1 atom stereocenters. The molecule has 2 aliphatic rings. The van der Waals surface area contributed by atoms with Gasteiger partial charge in [0.25, 0.3) is 0 Å². The lowest BCUT2D eigenvalue weighted by molar-refractivity contribution is 0.000270. The number of piperazine rings is 1. The first kappa shape index (κ1) is 20.9. The number of unbranched alkanes of at least 4 members (excludes halogenated alkanes) is 1. The van der Waals surface area contributed by atoms with E-state index in [0.717, 1.165) is 38.9 Å². The fraction of sp³-hybridized carbons (Fsp3) is 0.500. The summed E-state index contributed by atoms with van der Waals surface area (Å²) in [4.78, 5) is 18.0. The Morgan fingerprint density at radius 2 is 1.67 bits per heavy atom. The van der Waals surface area contributed by atoms with Crippen LogP contribution in [0.15, 0.2) is 60.7 Å². The van der Waals surface area contributed by atoms with Gasteiger partial charge in [0, 0.05) is 25.7 Å². The van der Waals surface area contributed by atoms with E-state index in [1.807, 2.05) is 6.07 Å². The molecule has 30 heavy (non-hydrogen) atoms. The minimum Gasteiger partial charge on any atom is -0.338 e. The molecule has 0 spiro atoms. The molecule has 1 saturated heterocycles. The average molecular weight is 406 g/mol. The third-order valence-electron chi connectivity index (χ3n) is 6.44. The van der Waals surface area contributed by atoms with Gasteiger partial charge in [-0.2, -0.15) is 0 Å². The average Bonchev–Trinajstić information content (AvgIpc) is 3.59. The Morgan fingerprint density at radius 3 is 2.33 bits per heavy atom. The van der Waals surface area contributed by atoms with Crippen molar-refractivity contribution in [3.05, 3.63) is 71.8 Å². The van der Waals surface area contributed by atoms with E-state index in [2.05, 4.69) is 83.6 Å². The summed E-state index contributed by atoms with van der Waals surface area (Å²) in [5.41, 5.74) is 2.40. The van der Waals surface area contributed by atoms with Gasteiger partial charge in [-0.1, -0.05) is 60.7 Å². The molecule has 1 heterocycles. The van der Waals surface area contributed by atoms with E-state index >= 15 is 0 Å². The smallest absolute Gasteiger partial charge is 0.318 e. The first-order chi connectivity index (χ1) is 14.5. The summed E-state index contributed by atoms with van der Waals surface area (Å²) >= 11 is 0. The number of nitrogens with zero attached hydrogens (tertiary/aromatic N) is 2. The third-order valence-corrected chi connectivity index (χ3v) is 6.44. The Morgan fingerprint density at radius 1 is 1.00 bits per heavy atom. The van der Waals surface area contributed by atoms with Crippen molar-refractivity contribution in [1.29, 1.82) is 0 Å². The van der Waals surface area contributed by atoms with E-state index in [1.54, 1.807) is 0 Å². The van der Waals surface area contributed by atoms with Crippen LogP contribution in [0.25, 0.3) is 0 Å². The van der Waals surface area contributed by atoms with E-state index in [0.29, 0.717) is 6.04 Å². The molecule has 1 aliphatic heterocycles. The summed E-state index contributed by atoms with van der Waals surface area (Å²) in [7, 11) is 0. The van der Waals surface area contributed by atoms with Gasteiger partial charge in [-0.05, 0) is 57.1 Å². The SMILES string of the molecule is CC1(C)CN(C2CC2)CC(c2ccccc2)N1C(=O)NCCCCc1ccccc1. The Labute approximate surface area is 181 Å². The van der Waals surface area contributed by atoms with Gasteiger partial charge in [0.1, 0.15) is 0 Å². The molecule has 1 N–H and O–H groups in total. The first-order valence-electron chi connectivity index (χ1n) is 11.4. The highest BCUT2D eigenvalue weighted by Gasteiger charge is 2.46. The van der Waals surface area contributed by atoms with Crippen LogP contribution in [0.4, 0.5) is 4.79 Å². The zero-order valence-electron chi connectivity index (χ0n) is 18.4. The second kappa shape index (κ2) is 9.22. The van der Waals surface area contributed by atoms with Crippen molar-refractivity contribution in [3.63, 3.8) is 0 Å². The number of benzene rings is 2. The van der Waals surface area contributed by atoms with Gasteiger partial charge in [-0.3, -0.25) is 4.90 Å². The largest absolute Gasteiger partial charge is 0.338 e. The number of nitrogens with one attached hydrogen (secondary N) is 1. The van der Waals surface area contributed by atoms with Gasteiger partial charge >= 0.3 is 6.03 Å². The van der Waals surface area contributed by atoms with E-state index in [-0.39, 0.29) is 17.6 Å². The van der Waals surface area contributed by atoms with Gasteiger partial charge in [0.05, 0.1) is 11.6 Å². The number of carbonyl (C=O) groups excluding carboxylic acids is 1. The van der Waals surface area contributed by atoms with Crippen molar-refractivity contribution in [2.45, 2.75) is 63.6 Å². The van der Waals surface area contributed by atoms with Gasteiger partial charge < -0.3 is 10.2 Å². The second-order valence-electron chi connectivity index (χ2n) is 9.44. The molecule has 1 aliphatic carbocycles. The molecule has 0 radical (unpaired) electrons. The lowest BCUT2D eigenvalue weighted by Crippen LogP contribution is -2.64. The van der Waals surface area contributed by atoms with Crippen LogP contribution in [-0.4, -0.2) is 47.0 Å². The number of urea groups is 1. The molecule has 0 bridgehead atoms. The highest BCUT2D eigenvalue weighted by Crippen LogP contribution is 2.39. The van der Waals surface area contributed by atoms with Crippen molar-refractivity contribution < 1.29 is 4.79 Å². The molecule has 1 saturated carbocycles. The number of hydrogen-bond acceptors (Lipinski definition) is 2. The molecule has 2 aromatic carbocycles. The standard InChI is InChI=1S/C26H35N3O/c1-26(2)20-28(23-16-17-23)19-24(22-14-7-4-8-15-22)29(26)25(30)27-18-10-9-13-21-11-5-3-6-12-21/h3-8,11-12,14-15,23-24H,9-10,13,16-20H2,1-2H3,(H,27,30). The molecule has 2 amide bonds. The minimum atomic E-state index is -0.199. The van der Waals surface area contributed by atoms with E-state index in [9.17, 15) is 4.79 Å². The molecule has 1 unspecified atom stereocenters. The fourth-order valence-electron chi connectivity index (χ4n) is 4.81. The lowest BCUT2D eigenvalue weighted by atomic mass is 9.91. The maximum absolute atomic E-state index is 13.3. The molecule has 160 valence electrons. The number of hydrogen-bond donors (Lipinski definition) is 1. The first-order valence-corrected chi connectivity index (χ1v) is 11.4. The van der Waals surface area contributed by atoms with Crippen LogP contribution in [0.2, 0.25) is 0 Å². The molecular formula is C26H35N3O. The topological polar surface area (TPSA) is 35.6 Å². The molecule has 4 heteroatoms. The van der Waals surface area contributed by atoms with Crippen LogP contribution in [0, 0.1) is 0 Å². The van der Waals surface area contributed by atoms with E-state index in [1.165, 1.54) is 24.0 Å². The van der Waals surface area contributed by atoms with Crippen molar-refractivity contribution in [3.8, 4) is 0 Å². The van der Waals surface area contributed by atoms with Gasteiger partial charge in [-0.25, -0.2) is 4.79 Å². The lowest BCUT2D eigenvalue weighted by Gasteiger charge is -2.52. The van der Waals surface area contributed by atoms with Crippen molar-refractivity contribution in [2.24, 2.45) is 0 Å². The summed E-state index contributed by atoms with van der Waals surface area (Å²) in [6.45, 7) is 7.03. The second-order valence-corrected chi connectivity index (χ2v) is 9.44. The maximum Gasteiger partial charge on any atom is 0.318 e. The van der Waals surface area contributed by atoms with Crippen LogP contribution in [-0.2, 0) is 6.42 Å². The highest BCUT2D eigenvalue weighted by atomic mass is 16.2. The minimum absolute atomic E-state index is 0.0732. The summed E-state index contributed by atoms with van der Waals surface area (Å²) in [5, 5.41) is 3.22. The predicted molar refractivity (Wildman–Crippen MR) is 122 cm³/mol. The monoisotopic (exact) mass is 405 g/mol. The van der Waals surface area contributed by atoms with Gasteiger partial charge in [0.15, 0.2) is 0 Å². The zero-order chi connectivity index (χ0) is 21.0. The number of amides is 2. The van der Waals surface area contributed by atoms with Crippen molar-refractivity contribution in [2.75, 3.05) is 19.6 Å². The zero-order valence-corrected chi connectivity index (χ0v) is 18.4. The Bertz CT molecular complexity index is 817. The van der Waals surface area contributed by atoms with Crippen LogP contribution < -0.4 is 5.32 Å². The number of carbonyl (C=O) groups is 1. The molecule has 2 aromatic rings. The van der Waals surface area contributed by atoms with Crippen LogP contribution >= 0.6 is 0 Å². The Kier molecular flexibility index (Phi) is 6.43. The van der Waals surface area contributed by atoms with Crippen LogP contribution in [0.5, 0.6) is 0 Å². The quantitative estimate of drug-likeness (QED) is 0.657. The molecule has 2 fully saturated rings. The normalized spacial score (nSPS) is 21.4. The third kappa shape index (κ3) is 5.04. The van der Waals surface area contributed by atoms with Crippen molar-refractivity contribution >= 4 is 6.03 Å². The summed E-state index contributed by atoms with van der Waals surface area (Å²) in [5.74, 6) is 0. The highest BCUT2D eigenvalue weighted by molar-refractivity contribution is 5.76. The van der Waals surface area contributed by atoms with E-state index in [4.69, 9.17) is 0 Å². The summed E-state index contributed by atoms with van der Waals surface area (Å²) < 4.78 is 0. The van der Waals surface area contributed by atoms with E-state index < -0.39 is 0 Å². The summed E-state index contributed by atoms with van der Waals surface area (Å²) in [6, 6.07) is 22.0. The van der Waals surface area contributed by atoms with Crippen LogP contribution in [0.3, 0.4) is 0 Å². The Hall–Kier alpha value is -2.33. The molecule has 4 rings (SSSR count). The molecular weight excluding hydrogens is 370 g/mol. The summed E-state index contributed by atoms with van der Waals surface area (Å²) in [6.07, 6.45) is 5.75. The fourth-order valence-corrected chi connectivity index (χ4v) is 4.81.